The number of rotatable bonds is 11. The fraction of sp³-hybridized carbons (Fsp3) is 0.387. The molecular weight excluding hydrogens is 604 g/mol. The molecular formula is C31H33ClF4N4O4. The fourth-order valence-corrected chi connectivity index (χ4v) is 5.11. The lowest BCUT2D eigenvalue weighted by Crippen LogP contribution is -2.49. The van der Waals surface area contributed by atoms with E-state index < -0.39 is 36.6 Å². The van der Waals surface area contributed by atoms with Gasteiger partial charge in [0.15, 0.2) is 0 Å². The van der Waals surface area contributed by atoms with Gasteiger partial charge in [0.1, 0.15) is 19.0 Å². The monoisotopic (exact) mass is 636 g/mol. The SMILES string of the molecule is C[C@H](C(=O)Nc1cncc(F)c1CC[C@@H]1CN[C@H](COC(=O)NCC(F)(F)F)CO1)[C@H](c1ccccc1)c1ccc(Cl)cc1. The zero-order valence-electron chi connectivity index (χ0n) is 23.9. The highest BCUT2D eigenvalue weighted by Crippen LogP contribution is 2.34. The molecule has 0 unspecified atom stereocenters. The van der Waals surface area contributed by atoms with E-state index in [-0.39, 0.29) is 43.3 Å². The largest absolute Gasteiger partial charge is 0.448 e. The molecule has 0 saturated carbocycles. The first kappa shape index (κ1) is 33.2. The van der Waals surface area contributed by atoms with Crippen molar-refractivity contribution < 1.29 is 36.6 Å². The maximum absolute atomic E-state index is 14.9. The van der Waals surface area contributed by atoms with Gasteiger partial charge in [0, 0.05) is 29.0 Å². The summed E-state index contributed by atoms with van der Waals surface area (Å²) < 4.78 is 62.2. The number of aromatic nitrogens is 1. The third-order valence-electron chi connectivity index (χ3n) is 7.30. The smallest absolute Gasteiger partial charge is 0.407 e. The zero-order valence-corrected chi connectivity index (χ0v) is 24.6. The lowest BCUT2D eigenvalue weighted by atomic mass is 9.81. The third kappa shape index (κ3) is 9.63. The number of alkyl halides is 3. The van der Waals surface area contributed by atoms with E-state index in [0.29, 0.717) is 23.6 Å². The van der Waals surface area contributed by atoms with E-state index in [9.17, 15) is 27.2 Å². The quantitative estimate of drug-likeness (QED) is 0.228. The summed E-state index contributed by atoms with van der Waals surface area (Å²) in [5.74, 6) is -1.68. The Labute approximate surface area is 257 Å². The summed E-state index contributed by atoms with van der Waals surface area (Å²) in [4.78, 5) is 28.9. The molecule has 2 heterocycles. The Morgan fingerprint density at radius 3 is 2.48 bits per heavy atom. The van der Waals surface area contributed by atoms with Crippen LogP contribution in [0.1, 0.15) is 36.0 Å². The standard InChI is InChI=1S/C31H33ClF4N4O4/c1-19(28(20-5-3-2-4-6-20)21-7-9-22(32)10-8-21)29(41)40-27-15-37-14-26(33)25(27)12-11-24-13-38-23(16-43-24)17-44-30(42)39-18-31(34,35)36/h2-10,14-15,19,23-24,28,38H,11-13,16-18H2,1H3,(H,39,42)(H,40,41)/t19-,23-,24+,28+/m0/s1. The van der Waals surface area contributed by atoms with Gasteiger partial charge in [0.25, 0.3) is 0 Å². The van der Waals surface area contributed by atoms with Gasteiger partial charge < -0.3 is 25.4 Å². The van der Waals surface area contributed by atoms with Gasteiger partial charge in [0.05, 0.1) is 36.8 Å². The molecule has 1 aromatic heterocycles. The van der Waals surface area contributed by atoms with E-state index >= 15 is 0 Å². The first-order chi connectivity index (χ1) is 21.0. The molecule has 1 fully saturated rings. The second-order valence-corrected chi connectivity index (χ2v) is 11.0. The van der Waals surface area contributed by atoms with Crippen LogP contribution in [0.4, 0.5) is 28.0 Å². The van der Waals surface area contributed by atoms with E-state index in [4.69, 9.17) is 21.1 Å². The lowest BCUT2D eigenvalue weighted by Gasteiger charge is -2.30. The first-order valence-electron chi connectivity index (χ1n) is 14.1. The van der Waals surface area contributed by atoms with Crippen molar-refractivity contribution in [2.45, 2.75) is 44.0 Å². The molecule has 0 radical (unpaired) electrons. The van der Waals surface area contributed by atoms with Crippen molar-refractivity contribution in [2.75, 3.05) is 31.6 Å². The Morgan fingerprint density at radius 2 is 1.82 bits per heavy atom. The molecule has 4 rings (SSSR count). The molecule has 0 aliphatic carbocycles. The number of nitrogens with zero attached hydrogens (tertiary/aromatic N) is 1. The first-order valence-corrected chi connectivity index (χ1v) is 14.4. The Hall–Kier alpha value is -3.74. The van der Waals surface area contributed by atoms with Crippen molar-refractivity contribution >= 4 is 29.3 Å². The molecule has 3 aromatic rings. The molecule has 1 saturated heterocycles. The Balaban J connectivity index is 1.34. The number of morpholine rings is 1. The van der Waals surface area contributed by atoms with Crippen LogP contribution in [0.15, 0.2) is 67.0 Å². The van der Waals surface area contributed by atoms with Gasteiger partial charge in [-0.05, 0) is 36.1 Å². The van der Waals surface area contributed by atoms with E-state index in [1.54, 1.807) is 17.4 Å². The van der Waals surface area contributed by atoms with Crippen molar-refractivity contribution in [3.05, 3.63) is 94.5 Å². The molecule has 2 aromatic carbocycles. The highest BCUT2D eigenvalue weighted by atomic mass is 35.5. The average molecular weight is 637 g/mol. The molecule has 0 spiro atoms. The molecule has 2 amide bonds. The number of carbonyl (C=O) groups excluding carboxylic acids is 2. The number of nitrogens with one attached hydrogen (secondary N) is 3. The number of carbonyl (C=O) groups is 2. The van der Waals surface area contributed by atoms with Crippen LogP contribution in [0, 0.1) is 11.7 Å². The van der Waals surface area contributed by atoms with Crippen LogP contribution in [0.3, 0.4) is 0 Å². The minimum Gasteiger partial charge on any atom is -0.448 e. The Morgan fingerprint density at radius 1 is 1.11 bits per heavy atom. The van der Waals surface area contributed by atoms with E-state index in [0.717, 1.165) is 17.3 Å². The average Bonchev–Trinajstić information content (AvgIpc) is 3.00. The summed E-state index contributed by atoms with van der Waals surface area (Å²) in [6, 6.07) is 16.5. The third-order valence-corrected chi connectivity index (χ3v) is 7.55. The molecule has 3 N–H and O–H groups in total. The van der Waals surface area contributed by atoms with Crippen LogP contribution in [-0.4, -0.2) is 61.6 Å². The number of ether oxygens (including phenoxy) is 2. The number of hydrogen-bond acceptors (Lipinski definition) is 6. The molecule has 4 atom stereocenters. The zero-order chi connectivity index (χ0) is 31.7. The number of benzene rings is 2. The topological polar surface area (TPSA) is 102 Å². The number of anilines is 1. The van der Waals surface area contributed by atoms with E-state index in [1.165, 1.54) is 6.20 Å². The minimum absolute atomic E-state index is 0.142. The maximum atomic E-state index is 14.9. The Kier molecular flexibility index (Phi) is 11.5. The van der Waals surface area contributed by atoms with Crippen LogP contribution in [-0.2, 0) is 20.7 Å². The molecule has 0 bridgehead atoms. The Bertz CT molecular complexity index is 1390. The van der Waals surface area contributed by atoms with Gasteiger partial charge in [-0.3, -0.25) is 9.78 Å². The second-order valence-electron chi connectivity index (χ2n) is 10.5. The van der Waals surface area contributed by atoms with Crippen LogP contribution < -0.4 is 16.0 Å². The molecule has 1 aliphatic rings. The second kappa shape index (κ2) is 15.3. The van der Waals surface area contributed by atoms with Crippen LogP contribution in [0.5, 0.6) is 0 Å². The summed E-state index contributed by atoms with van der Waals surface area (Å²) in [7, 11) is 0. The normalized spacial score (nSPS) is 18.2. The van der Waals surface area contributed by atoms with Gasteiger partial charge in [-0.1, -0.05) is 61.0 Å². The van der Waals surface area contributed by atoms with Gasteiger partial charge in [0.2, 0.25) is 5.91 Å². The summed E-state index contributed by atoms with van der Waals surface area (Å²) in [5.41, 5.74) is 2.42. The number of alkyl carbamates (subject to hydrolysis) is 1. The highest BCUT2D eigenvalue weighted by Gasteiger charge is 2.30. The molecule has 13 heteroatoms. The minimum atomic E-state index is -4.53. The number of hydrogen-bond donors (Lipinski definition) is 3. The molecule has 44 heavy (non-hydrogen) atoms. The summed E-state index contributed by atoms with van der Waals surface area (Å²) in [5, 5.41) is 8.22. The van der Waals surface area contributed by atoms with Crippen LogP contribution in [0.2, 0.25) is 5.02 Å². The van der Waals surface area contributed by atoms with Crippen molar-refractivity contribution in [1.29, 1.82) is 0 Å². The molecule has 8 nitrogen and oxygen atoms in total. The van der Waals surface area contributed by atoms with Crippen molar-refractivity contribution in [2.24, 2.45) is 5.92 Å². The number of halogens is 5. The summed E-state index contributed by atoms with van der Waals surface area (Å²) >= 11 is 6.10. The molecule has 236 valence electrons. The molecule has 1 aliphatic heterocycles. The van der Waals surface area contributed by atoms with Gasteiger partial charge in [-0.15, -0.1) is 0 Å². The number of pyridine rings is 1. The van der Waals surface area contributed by atoms with Crippen molar-refractivity contribution in [1.82, 2.24) is 15.6 Å². The predicted molar refractivity (Wildman–Crippen MR) is 157 cm³/mol. The van der Waals surface area contributed by atoms with Crippen molar-refractivity contribution in [3.8, 4) is 0 Å². The van der Waals surface area contributed by atoms with Gasteiger partial charge >= 0.3 is 12.3 Å². The van der Waals surface area contributed by atoms with Crippen LogP contribution >= 0.6 is 11.6 Å². The fourth-order valence-electron chi connectivity index (χ4n) is 4.99. The summed E-state index contributed by atoms with van der Waals surface area (Å²) in [6.45, 7) is 0.650. The van der Waals surface area contributed by atoms with Gasteiger partial charge in [-0.25, -0.2) is 9.18 Å². The van der Waals surface area contributed by atoms with E-state index in [1.807, 2.05) is 49.4 Å². The predicted octanol–water partition coefficient (Wildman–Crippen LogP) is 5.86. The lowest BCUT2D eigenvalue weighted by molar-refractivity contribution is -0.124. The van der Waals surface area contributed by atoms with E-state index in [2.05, 4.69) is 15.6 Å². The number of amides is 2. The van der Waals surface area contributed by atoms with Crippen molar-refractivity contribution in [3.63, 3.8) is 0 Å². The maximum Gasteiger partial charge on any atom is 0.407 e. The van der Waals surface area contributed by atoms with Gasteiger partial charge in [-0.2, -0.15) is 13.2 Å². The van der Waals surface area contributed by atoms with Crippen LogP contribution in [0.25, 0.3) is 0 Å². The highest BCUT2D eigenvalue weighted by molar-refractivity contribution is 6.30. The summed E-state index contributed by atoms with van der Waals surface area (Å²) in [6.07, 6.45) is -2.87.